The van der Waals surface area contributed by atoms with Gasteiger partial charge < -0.3 is 15.0 Å². The van der Waals surface area contributed by atoms with Crippen molar-refractivity contribution in [1.29, 1.82) is 0 Å². The van der Waals surface area contributed by atoms with Crippen molar-refractivity contribution >= 4 is 17.5 Å². The highest BCUT2D eigenvalue weighted by molar-refractivity contribution is 5.84. The highest BCUT2D eigenvalue weighted by Gasteiger charge is 2.24. The molecule has 1 amide bonds. The van der Waals surface area contributed by atoms with Gasteiger partial charge in [0.15, 0.2) is 0 Å². The first kappa shape index (κ1) is 16.8. The van der Waals surface area contributed by atoms with Crippen LogP contribution >= 0.6 is 0 Å². The van der Waals surface area contributed by atoms with Crippen molar-refractivity contribution in [2.45, 2.75) is 39.2 Å². The minimum atomic E-state index is -0.0637. The number of ketones is 1. The number of nitrogens with one attached hydrogen (secondary N) is 1. The molecule has 130 valence electrons. The van der Waals surface area contributed by atoms with Crippen LogP contribution in [0.4, 0.5) is 5.82 Å². The fraction of sp³-hybridized carbons (Fsp3) is 0.647. The average molecular weight is 332 g/mol. The molecule has 0 unspecified atom stereocenters. The molecule has 24 heavy (non-hydrogen) atoms. The molecule has 1 saturated heterocycles. The monoisotopic (exact) mass is 332 g/mol. The SMILES string of the molecule is Cc1cc(N2CCOCC2)nc(CNC(=O)C2CCC(=O)CC2)n1. The van der Waals surface area contributed by atoms with Crippen molar-refractivity contribution in [3.05, 3.63) is 17.6 Å². The van der Waals surface area contributed by atoms with Crippen LogP contribution in [0.3, 0.4) is 0 Å². The van der Waals surface area contributed by atoms with Crippen molar-refractivity contribution in [2.75, 3.05) is 31.2 Å². The molecular formula is C17H24N4O3. The van der Waals surface area contributed by atoms with Crippen LogP contribution in [0, 0.1) is 12.8 Å². The van der Waals surface area contributed by atoms with Crippen LogP contribution in [0.25, 0.3) is 0 Å². The Bertz CT molecular complexity index is 604. The molecule has 2 aliphatic rings. The summed E-state index contributed by atoms with van der Waals surface area (Å²) < 4.78 is 5.37. The van der Waals surface area contributed by atoms with Crippen LogP contribution in [0.2, 0.25) is 0 Å². The molecule has 7 nitrogen and oxygen atoms in total. The largest absolute Gasteiger partial charge is 0.378 e. The molecule has 0 bridgehead atoms. The van der Waals surface area contributed by atoms with Gasteiger partial charge in [-0.1, -0.05) is 0 Å². The topological polar surface area (TPSA) is 84.4 Å². The molecule has 3 rings (SSSR count). The van der Waals surface area contributed by atoms with E-state index in [4.69, 9.17) is 4.74 Å². The zero-order valence-electron chi connectivity index (χ0n) is 14.1. The van der Waals surface area contributed by atoms with E-state index in [-0.39, 0.29) is 17.6 Å². The van der Waals surface area contributed by atoms with Crippen molar-refractivity contribution < 1.29 is 14.3 Å². The Morgan fingerprint density at radius 3 is 2.71 bits per heavy atom. The zero-order valence-corrected chi connectivity index (χ0v) is 14.1. The van der Waals surface area contributed by atoms with E-state index in [0.29, 0.717) is 51.3 Å². The van der Waals surface area contributed by atoms with Crippen molar-refractivity contribution in [1.82, 2.24) is 15.3 Å². The summed E-state index contributed by atoms with van der Waals surface area (Å²) in [6.45, 7) is 5.30. The van der Waals surface area contributed by atoms with Gasteiger partial charge in [-0.2, -0.15) is 0 Å². The minimum Gasteiger partial charge on any atom is -0.378 e. The number of Topliss-reactive ketones (excluding diaryl/α,β-unsaturated/α-hetero) is 1. The Hall–Kier alpha value is -2.02. The Kier molecular flexibility index (Phi) is 5.40. The van der Waals surface area contributed by atoms with Gasteiger partial charge in [-0.3, -0.25) is 9.59 Å². The summed E-state index contributed by atoms with van der Waals surface area (Å²) in [5.41, 5.74) is 0.888. The third-order valence-corrected chi connectivity index (χ3v) is 4.56. The van der Waals surface area contributed by atoms with Crippen molar-refractivity contribution in [2.24, 2.45) is 5.92 Å². The second-order valence-electron chi connectivity index (χ2n) is 6.41. The summed E-state index contributed by atoms with van der Waals surface area (Å²) in [5.74, 6) is 1.71. The predicted octanol–water partition coefficient (Wildman–Crippen LogP) is 0.997. The molecule has 0 atom stereocenters. The lowest BCUT2D eigenvalue weighted by Gasteiger charge is -2.28. The van der Waals surface area contributed by atoms with Gasteiger partial charge in [-0.25, -0.2) is 9.97 Å². The summed E-state index contributed by atoms with van der Waals surface area (Å²) in [5, 5.41) is 2.92. The molecule has 1 aromatic rings. The molecule has 0 spiro atoms. The summed E-state index contributed by atoms with van der Waals surface area (Å²) in [6, 6.07) is 1.96. The lowest BCUT2D eigenvalue weighted by atomic mass is 9.88. The quantitative estimate of drug-likeness (QED) is 0.885. The maximum absolute atomic E-state index is 12.2. The first-order chi connectivity index (χ1) is 11.6. The number of morpholine rings is 1. The first-order valence-electron chi connectivity index (χ1n) is 8.58. The lowest BCUT2D eigenvalue weighted by molar-refractivity contribution is -0.128. The van der Waals surface area contributed by atoms with Crippen LogP contribution in [-0.4, -0.2) is 48.0 Å². The number of carbonyl (C=O) groups excluding carboxylic acids is 2. The molecule has 1 saturated carbocycles. The number of nitrogens with zero attached hydrogens (tertiary/aromatic N) is 3. The number of carbonyl (C=O) groups is 2. The molecule has 1 aliphatic carbocycles. The van der Waals surface area contributed by atoms with Crippen LogP contribution in [0.15, 0.2) is 6.07 Å². The fourth-order valence-corrected chi connectivity index (χ4v) is 3.16. The number of anilines is 1. The number of rotatable bonds is 4. The van der Waals surface area contributed by atoms with Gasteiger partial charge in [-0.05, 0) is 19.8 Å². The highest BCUT2D eigenvalue weighted by Crippen LogP contribution is 2.21. The van der Waals surface area contributed by atoms with E-state index >= 15 is 0 Å². The van der Waals surface area contributed by atoms with Crippen LogP contribution in [-0.2, 0) is 20.9 Å². The van der Waals surface area contributed by atoms with Gasteiger partial charge in [0.05, 0.1) is 19.8 Å². The molecule has 0 radical (unpaired) electrons. The normalized spacial score (nSPS) is 19.4. The Balaban J connectivity index is 1.59. The van der Waals surface area contributed by atoms with E-state index in [1.807, 2.05) is 13.0 Å². The van der Waals surface area contributed by atoms with Gasteiger partial charge in [0, 0.05) is 43.6 Å². The summed E-state index contributed by atoms with van der Waals surface area (Å²) in [4.78, 5) is 34.7. The van der Waals surface area contributed by atoms with E-state index in [2.05, 4.69) is 20.2 Å². The Morgan fingerprint density at radius 2 is 2.00 bits per heavy atom. The molecule has 2 fully saturated rings. The summed E-state index contributed by atoms with van der Waals surface area (Å²) >= 11 is 0. The van der Waals surface area contributed by atoms with Gasteiger partial charge in [0.2, 0.25) is 5.91 Å². The van der Waals surface area contributed by atoms with Gasteiger partial charge in [0.1, 0.15) is 17.4 Å². The number of aryl methyl sites for hydroxylation is 1. The van der Waals surface area contributed by atoms with E-state index in [9.17, 15) is 9.59 Å². The van der Waals surface area contributed by atoms with Crippen LogP contribution < -0.4 is 10.2 Å². The molecule has 1 N–H and O–H groups in total. The average Bonchev–Trinajstić information content (AvgIpc) is 2.60. The maximum atomic E-state index is 12.2. The standard InChI is InChI=1S/C17H24N4O3/c1-12-10-16(21-6-8-24-9-7-21)20-15(19-12)11-18-17(23)13-2-4-14(22)5-3-13/h10,13H,2-9,11H2,1H3,(H,18,23). The molecule has 0 aromatic carbocycles. The van der Waals surface area contributed by atoms with E-state index in [1.54, 1.807) is 0 Å². The van der Waals surface area contributed by atoms with Gasteiger partial charge in [-0.15, -0.1) is 0 Å². The fourth-order valence-electron chi connectivity index (χ4n) is 3.16. The number of amides is 1. The van der Waals surface area contributed by atoms with Crippen molar-refractivity contribution in [3.63, 3.8) is 0 Å². The van der Waals surface area contributed by atoms with Gasteiger partial charge in [0.25, 0.3) is 0 Å². The van der Waals surface area contributed by atoms with Gasteiger partial charge >= 0.3 is 0 Å². The predicted molar refractivity (Wildman–Crippen MR) is 88.6 cm³/mol. The Morgan fingerprint density at radius 1 is 1.29 bits per heavy atom. The smallest absolute Gasteiger partial charge is 0.223 e. The maximum Gasteiger partial charge on any atom is 0.223 e. The minimum absolute atomic E-state index is 0.000489. The second-order valence-corrected chi connectivity index (χ2v) is 6.41. The van der Waals surface area contributed by atoms with E-state index in [0.717, 1.165) is 24.6 Å². The molecule has 2 heterocycles. The number of hydrogen-bond acceptors (Lipinski definition) is 6. The first-order valence-corrected chi connectivity index (χ1v) is 8.58. The Labute approximate surface area is 141 Å². The third-order valence-electron chi connectivity index (χ3n) is 4.56. The highest BCUT2D eigenvalue weighted by atomic mass is 16.5. The molecule has 1 aromatic heterocycles. The van der Waals surface area contributed by atoms with E-state index in [1.165, 1.54) is 0 Å². The zero-order chi connectivity index (χ0) is 16.9. The number of aromatic nitrogens is 2. The third kappa shape index (κ3) is 4.29. The lowest BCUT2D eigenvalue weighted by Crippen LogP contribution is -2.37. The number of ether oxygens (including phenoxy) is 1. The molecular weight excluding hydrogens is 308 g/mol. The molecule has 1 aliphatic heterocycles. The van der Waals surface area contributed by atoms with Crippen LogP contribution in [0.5, 0.6) is 0 Å². The van der Waals surface area contributed by atoms with Crippen LogP contribution in [0.1, 0.15) is 37.2 Å². The number of hydrogen-bond donors (Lipinski definition) is 1. The van der Waals surface area contributed by atoms with E-state index < -0.39 is 0 Å². The molecule has 7 heteroatoms. The second kappa shape index (κ2) is 7.70. The van der Waals surface area contributed by atoms with Crippen molar-refractivity contribution in [3.8, 4) is 0 Å². The summed E-state index contributed by atoms with van der Waals surface area (Å²) in [7, 11) is 0. The summed E-state index contributed by atoms with van der Waals surface area (Å²) in [6.07, 6.45) is 2.33.